The first-order valence-corrected chi connectivity index (χ1v) is 8.38. The van der Waals surface area contributed by atoms with Crippen LogP contribution in [0.5, 0.6) is 0 Å². The summed E-state index contributed by atoms with van der Waals surface area (Å²) < 4.78 is 1.80. The molecule has 2 aliphatic heterocycles. The van der Waals surface area contributed by atoms with Crippen LogP contribution in [0.2, 0.25) is 5.02 Å². The Labute approximate surface area is 143 Å². The number of aliphatic imine (C=N–C) groups is 1. The minimum Gasteiger partial charge on any atom is -0.269 e. The van der Waals surface area contributed by atoms with Crippen molar-refractivity contribution in [1.29, 1.82) is 0 Å². The summed E-state index contributed by atoms with van der Waals surface area (Å²) in [6.07, 6.45) is 0. The second-order valence-electron chi connectivity index (χ2n) is 5.35. The first-order valence-electron chi connectivity index (χ1n) is 7.01. The molecule has 1 fully saturated rings. The standard InChI is InChI=1S/C15H16ClN4O2S/c1-18-12-11(13(21)20(3)15(22)19(12)2)17-14(18)23-8-9-6-4-5-7-10(9)16/h4-7,11H,8H2,1-3H3/q+1. The molecule has 0 aliphatic carbocycles. The van der Waals surface area contributed by atoms with E-state index in [1.54, 1.807) is 11.6 Å². The van der Waals surface area contributed by atoms with E-state index < -0.39 is 6.04 Å². The van der Waals surface area contributed by atoms with Crippen molar-refractivity contribution in [3.05, 3.63) is 34.9 Å². The third-order valence-corrected chi connectivity index (χ3v) is 5.37. The van der Waals surface area contributed by atoms with Gasteiger partial charge in [0.1, 0.15) is 0 Å². The van der Waals surface area contributed by atoms with Crippen LogP contribution in [0.15, 0.2) is 29.3 Å². The molecule has 23 heavy (non-hydrogen) atoms. The van der Waals surface area contributed by atoms with Crippen molar-refractivity contribution in [2.24, 2.45) is 4.99 Å². The third-order valence-electron chi connectivity index (χ3n) is 3.91. The van der Waals surface area contributed by atoms with Gasteiger partial charge in [-0.2, -0.15) is 0 Å². The molecular formula is C15H16ClN4O2S+. The number of carbonyl (C=O) groups is 2. The van der Waals surface area contributed by atoms with Gasteiger partial charge in [0.15, 0.2) is 0 Å². The lowest BCUT2D eigenvalue weighted by Crippen LogP contribution is -2.59. The van der Waals surface area contributed by atoms with Crippen LogP contribution < -0.4 is 0 Å². The number of nitrogens with zero attached hydrogens (tertiary/aromatic N) is 4. The largest absolute Gasteiger partial charge is 0.388 e. The highest BCUT2D eigenvalue weighted by Gasteiger charge is 2.51. The number of rotatable bonds is 2. The Kier molecular flexibility index (Phi) is 4.16. The molecule has 0 spiro atoms. The smallest absolute Gasteiger partial charge is 0.269 e. The zero-order valence-electron chi connectivity index (χ0n) is 13.0. The maximum atomic E-state index is 12.3. The monoisotopic (exact) mass is 351 g/mol. The van der Waals surface area contributed by atoms with Crippen LogP contribution in [0.3, 0.4) is 0 Å². The number of amidine groups is 2. The molecule has 1 saturated heterocycles. The van der Waals surface area contributed by atoms with Crippen molar-refractivity contribution >= 4 is 46.3 Å². The number of amides is 3. The Hall–Kier alpha value is -1.86. The molecule has 0 N–H and O–H groups in total. The number of hydrogen-bond acceptors (Lipinski definition) is 4. The number of fused-ring (bicyclic) bond motifs is 1. The van der Waals surface area contributed by atoms with Gasteiger partial charge < -0.3 is 0 Å². The van der Waals surface area contributed by atoms with Crippen LogP contribution in [-0.4, -0.2) is 64.5 Å². The summed E-state index contributed by atoms with van der Waals surface area (Å²) in [4.78, 5) is 31.4. The average molecular weight is 352 g/mol. The molecule has 2 aliphatic rings. The molecule has 6 nitrogen and oxygen atoms in total. The van der Waals surface area contributed by atoms with Crippen LogP contribution in [0.1, 0.15) is 5.56 Å². The maximum absolute atomic E-state index is 12.3. The number of halogens is 1. The van der Waals surface area contributed by atoms with E-state index in [1.165, 1.54) is 23.7 Å². The third kappa shape index (κ3) is 2.64. The van der Waals surface area contributed by atoms with Crippen molar-refractivity contribution in [3.63, 3.8) is 0 Å². The molecule has 120 valence electrons. The summed E-state index contributed by atoms with van der Waals surface area (Å²) >= 11 is 7.66. The van der Waals surface area contributed by atoms with Crippen molar-refractivity contribution in [2.45, 2.75) is 11.8 Å². The number of imide groups is 1. The fourth-order valence-corrected chi connectivity index (χ4v) is 3.89. The Balaban J connectivity index is 1.85. The fraction of sp³-hybridized carbons (Fsp3) is 0.333. The summed E-state index contributed by atoms with van der Waals surface area (Å²) in [7, 11) is 4.94. The summed E-state index contributed by atoms with van der Waals surface area (Å²) in [5.74, 6) is 0.938. The van der Waals surface area contributed by atoms with Crippen LogP contribution in [0.4, 0.5) is 4.79 Å². The normalized spacial score (nSPS) is 21.0. The van der Waals surface area contributed by atoms with Gasteiger partial charge in [-0.25, -0.2) is 14.3 Å². The highest BCUT2D eigenvalue weighted by Crippen LogP contribution is 2.26. The molecule has 0 bridgehead atoms. The molecule has 0 saturated carbocycles. The zero-order valence-corrected chi connectivity index (χ0v) is 14.6. The topological polar surface area (TPSA) is 56.0 Å². The van der Waals surface area contributed by atoms with E-state index >= 15 is 0 Å². The summed E-state index contributed by atoms with van der Waals surface area (Å²) in [5.41, 5.74) is 1.00. The fourth-order valence-electron chi connectivity index (χ4n) is 2.60. The van der Waals surface area contributed by atoms with E-state index in [-0.39, 0.29) is 11.9 Å². The van der Waals surface area contributed by atoms with Crippen LogP contribution in [0, 0.1) is 0 Å². The Morgan fingerprint density at radius 2 is 1.96 bits per heavy atom. The van der Waals surface area contributed by atoms with E-state index in [4.69, 9.17) is 11.6 Å². The molecule has 3 rings (SSSR count). The molecule has 8 heteroatoms. The van der Waals surface area contributed by atoms with Crippen molar-refractivity contribution in [3.8, 4) is 0 Å². The van der Waals surface area contributed by atoms with E-state index in [0.29, 0.717) is 21.8 Å². The van der Waals surface area contributed by atoms with E-state index in [2.05, 4.69) is 4.99 Å². The maximum Gasteiger partial charge on any atom is 0.388 e. The molecule has 3 amide bonds. The van der Waals surface area contributed by atoms with Gasteiger partial charge in [-0.15, -0.1) is 4.99 Å². The van der Waals surface area contributed by atoms with Gasteiger partial charge in [0.05, 0.1) is 14.1 Å². The Bertz CT molecular complexity index is 762. The zero-order chi connectivity index (χ0) is 16.7. The van der Waals surface area contributed by atoms with Crippen molar-refractivity contribution < 1.29 is 14.2 Å². The predicted octanol–water partition coefficient (Wildman–Crippen LogP) is 1.88. The van der Waals surface area contributed by atoms with Gasteiger partial charge in [0, 0.05) is 17.8 Å². The molecule has 2 heterocycles. The molecular weight excluding hydrogens is 336 g/mol. The van der Waals surface area contributed by atoms with Crippen LogP contribution >= 0.6 is 23.4 Å². The highest BCUT2D eigenvalue weighted by molar-refractivity contribution is 8.12. The van der Waals surface area contributed by atoms with Crippen molar-refractivity contribution in [2.75, 3.05) is 21.1 Å². The molecule has 0 radical (unpaired) electrons. The van der Waals surface area contributed by atoms with Gasteiger partial charge in [-0.3, -0.25) is 9.69 Å². The number of thioether (sulfide) groups is 1. The quantitative estimate of drug-likeness (QED) is 0.764. The van der Waals surface area contributed by atoms with Gasteiger partial charge in [-0.1, -0.05) is 29.8 Å². The van der Waals surface area contributed by atoms with Crippen molar-refractivity contribution in [1.82, 2.24) is 9.80 Å². The van der Waals surface area contributed by atoms with Gasteiger partial charge in [0.25, 0.3) is 23.0 Å². The number of carbonyl (C=O) groups excluding carboxylic acids is 2. The first-order chi connectivity index (χ1) is 10.9. The summed E-state index contributed by atoms with van der Waals surface area (Å²) in [6.45, 7) is 0. The number of likely N-dealkylation sites (N-methyl/N-ethyl adjacent to an activating group) is 2. The number of hydrogen-bond donors (Lipinski definition) is 0. The Morgan fingerprint density at radius 1 is 1.26 bits per heavy atom. The molecule has 1 atom stereocenters. The average Bonchev–Trinajstić information content (AvgIpc) is 2.87. The number of urea groups is 1. The molecule has 1 aromatic rings. The molecule has 0 aromatic heterocycles. The van der Waals surface area contributed by atoms with Crippen LogP contribution in [0.25, 0.3) is 0 Å². The first kappa shape index (κ1) is 16.0. The van der Waals surface area contributed by atoms with E-state index in [0.717, 1.165) is 10.5 Å². The molecule has 1 aromatic carbocycles. The summed E-state index contributed by atoms with van der Waals surface area (Å²) in [5, 5.41) is 1.41. The lowest BCUT2D eigenvalue weighted by atomic mass is 10.2. The van der Waals surface area contributed by atoms with E-state index in [9.17, 15) is 9.59 Å². The second kappa shape index (κ2) is 5.98. The van der Waals surface area contributed by atoms with Gasteiger partial charge in [-0.05, 0) is 23.4 Å². The second-order valence-corrected chi connectivity index (χ2v) is 6.70. The SMILES string of the molecule is CN1C(=O)C2N=C(SCc3ccccc3Cl)[N+](C)=C2N(C)C1=O. The lowest BCUT2D eigenvalue weighted by molar-refractivity contribution is -0.367. The van der Waals surface area contributed by atoms with Crippen LogP contribution in [-0.2, 0) is 10.5 Å². The minimum absolute atomic E-state index is 0.303. The molecule has 1 unspecified atom stereocenters. The lowest BCUT2D eigenvalue weighted by Gasteiger charge is -2.27. The van der Waals surface area contributed by atoms with E-state index in [1.807, 2.05) is 31.3 Å². The predicted molar refractivity (Wildman–Crippen MR) is 91.1 cm³/mol. The minimum atomic E-state index is -0.651. The summed E-state index contributed by atoms with van der Waals surface area (Å²) in [6, 6.07) is 6.62. The van der Waals surface area contributed by atoms with Gasteiger partial charge in [0.2, 0.25) is 0 Å². The van der Waals surface area contributed by atoms with Gasteiger partial charge >= 0.3 is 6.03 Å². The highest BCUT2D eigenvalue weighted by atomic mass is 35.5. The number of benzene rings is 1. The Morgan fingerprint density at radius 3 is 2.65 bits per heavy atom.